The van der Waals surface area contributed by atoms with E-state index in [0.29, 0.717) is 31.4 Å². The zero-order valence-corrected chi connectivity index (χ0v) is 17.1. The zero-order valence-electron chi connectivity index (χ0n) is 17.1. The smallest absolute Gasteiger partial charge is 0.329 e. The summed E-state index contributed by atoms with van der Waals surface area (Å²) in [5.41, 5.74) is -1.35. The molecule has 1 aromatic carbocycles. The Morgan fingerprint density at radius 3 is 2.60 bits per heavy atom. The van der Waals surface area contributed by atoms with E-state index in [1.165, 1.54) is 11.7 Å². The van der Waals surface area contributed by atoms with Crippen LogP contribution in [0.3, 0.4) is 0 Å². The van der Waals surface area contributed by atoms with Gasteiger partial charge in [-0.05, 0) is 38.5 Å². The first-order valence-corrected chi connectivity index (χ1v) is 10.4. The van der Waals surface area contributed by atoms with Crippen molar-refractivity contribution >= 4 is 16.6 Å². The molecule has 1 aliphatic heterocycles. The Hall–Kier alpha value is -2.39. The average Bonchev–Trinajstić information content (AvgIpc) is 3.56. The number of nitrogens with zero attached hydrogens (tertiary/aromatic N) is 2. The van der Waals surface area contributed by atoms with Gasteiger partial charge in [0, 0.05) is 31.1 Å². The van der Waals surface area contributed by atoms with Crippen LogP contribution in [0.15, 0.2) is 9.59 Å². The van der Waals surface area contributed by atoms with Crippen LogP contribution in [0.2, 0.25) is 0 Å². The Balaban J connectivity index is 1.64. The lowest BCUT2D eigenvalue weighted by molar-refractivity contribution is 0.0659. The van der Waals surface area contributed by atoms with Gasteiger partial charge in [0.25, 0.3) is 5.56 Å². The van der Waals surface area contributed by atoms with E-state index in [0.717, 1.165) is 19.3 Å². The molecule has 30 heavy (non-hydrogen) atoms. The van der Waals surface area contributed by atoms with E-state index in [1.807, 2.05) is 4.90 Å². The fraction of sp³-hybridized carbons (Fsp3) is 0.619. The third-order valence-electron chi connectivity index (χ3n) is 6.85. The maximum Gasteiger partial charge on any atom is 0.329 e. The van der Waals surface area contributed by atoms with Gasteiger partial charge in [0.15, 0.2) is 11.6 Å². The van der Waals surface area contributed by atoms with Crippen molar-refractivity contribution < 1.29 is 19.3 Å². The highest BCUT2D eigenvalue weighted by molar-refractivity contribution is 5.93. The summed E-state index contributed by atoms with van der Waals surface area (Å²) in [4.78, 5) is 29.3. The lowest BCUT2D eigenvalue weighted by Gasteiger charge is -2.25. The highest BCUT2D eigenvalue weighted by atomic mass is 19.1. The number of hydrogen-bond acceptors (Lipinski definition) is 6. The molecule has 1 saturated heterocycles. The van der Waals surface area contributed by atoms with Crippen molar-refractivity contribution in [2.24, 2.45) is 5.92 Å². The topological polar surface area (TPSA) is 108 Å². The fourth-order valence-electron chi connectivity index (χ4n) is 4.97. The van der Waals surface area contributed by atoms with E-state index in [4.69, 9.17) is 4.74 Å². The first kappa shape index (κ1) is 19.6. The quantitative estimate of drug-likeness (QED) is 0.672. The van der Waals surface area contributed by atoms with E-state index in [9.17, 15) is 19.8 Å². The van der Waals surface area contributed by atoms with Gasteiger partial charge in [-0.2, -0.15) is 0 Å². The molecule has 2 heterocycles. The predicted molar refractivity (Wildman–Crippen MR) is 109 cm³/mol. The minimum absolute atomic E-state index is 0.0274. The van der Waals surface area contributed by atoms with E-state index in [2.05, 4.69) is 4.98 Å². The molecular formula is C21H26FN3O5. The van der Waals surface area contributed by atoms with E-state index >= 15 is 4.39 Å². The maximum absolute atomic E-state index is 15.5. The largest absolute Gasteiger partial charge is 0.492 e. The van der Waals surface area contributed by atoms with Crippen molar-refractivity contribution in [3.05, 3.63) is 32.2 Å². The van der Waals surface area contributed by atoms with Gasteiger partial charge in [0.05, 0.1) is 24.2 Å². The number of anilines is 1. The number of aliphatic hydroxyl groups is 2. The molecule has 0 amide bonds. The Labute approximate surface area is 171 Å². The lowest BCUT2D eigenvalue weighted by atomic mass is 9.99. The number of aliphatic hydroxyl groups excluding tert-OH is 1. The Morgan fingerprint density at radius 1 is 1.30 bits per heavy atom. The zero-order chi connectivity index (χ0) is 21.4. The Kier molecular flexibility index (Phi) is 4.27. The van der Waals surface area contributed by atoms with Crippen LogP contribution in [0.4, 0.5) is 10.1 Å². The SMILES string of the molecule is COc1c(N2CCC(CC3(O)CC3O)C2)c(F)c(C)c2c(=O)[nH]c(=O)n(C3CC3)c12. The molecule has 162 valence electrons. The molecule has 2 aliphatic carbocycles. The predicted octanol–water partition coefficient (Wildman–Crippen LogP) is 1.19. The molecule has 2 saturated carbocycles. The van der Waals surface area contributed by atoms with E-state index in [-0.39, 0.29) is 34.3 Å². The van der Waals surface area contributed by atoms with Gasteiger partial charge in [-0.1, -0.05) is 0 Å². The molecular weight excluding hydrogens is 393 g/mol. The number of rotatable bonds is 5. The first-order valence-electron chi connectivity index (χ1n) is 10.4. The van der Waals surface area contributed by atoms with Crippen molar-refractivity contribution in [2.75, 3.05) is 25.1 Å². The van der Waals surface area contributed by atoms with Crippen LogP contribution in [-0.4, -0.2) is 51.7 Å². The van der Waals surface area contributed by atoms with Crippen molar-refractivity contribution in [1.29, 1.82) is 0 Å². The first-order chi connectivity index (χ1) is 14.2. The average molecular weight is 419 g/mol. The highest BCUT2D eigenvalue weighted by Gasteiger charge is 2.53. The maximum atomic E-state index is 15.5. The molecule has 3 unspecified atom stereocenters. The van der Waals surface area contributed by atoms with Gasteiger partial charge in [0.1, 0.15) is 11.2 Å². The summed E-state index contributed by atoms with van der Waals surface area (Å²) in [6, 6.07) is -0.0274. The number of aryl methyl sites for hydroxylation is 1. The minimum Gasteiger partial charge on any atom is -0.492 e. The van der Waals surface area contributed by atoms with Crippen molar-refractivity contribution in [2.45, 2.75) is 56.8 Å². The summed E-state index contributed by atoms with van der Waals surface area (Å²) in [6.45, 7) is 2.62. The van der Waals surface area contributed by atoms with Gasteiger partial charge in [0.2, 0.25) is 0 Å². The number of aromatic amines is 1. The normalized spacial score (nSPS) is 28.4. The van der Waals surface area contributed by atoms with Gasteiger partial charge in [-0.25, -0.2) is 9.18 Å². The number of hydrogen-bond donors (Lipinski definition) is 3. The Bertz CT molecular complexity index is 1150. The van der Waals surface area contributed by atoms with Crippen LogP contribution in [0, 0.1) is 18.7 Å². The lowest BCUT2D eigenvalue weighted by Crippen LogP contribution is -2.32. The van der Waals surface area contributed by atoms with Crippen molar-refractivity contribution in [1.82, 2.24) is 9.55 Å². The summed E-state index contributed by atoms with van der Waals surface area (Å²) < 4.78 is 22.7. The molecule has 0 bridgehead atoms. The summed E-state index contributed by atoms with van der Waals surface area (Å²) in [7, 11) is 1.42. The number of ether oxygens (including phenoxy) is 1. The van der Waals surface area contributed by atoms with Crippen LogP contribution < -0.4 is 20.9 Å². The third kappa shape index (κ3) is 2.86. The van der Waals surface area contributed by atoms with E-state index < -0.39 is 28.8 Å². The molecule has 3 N–H and O–H groups in total. The minimum atomic E-state index is -1.03. The number of benzene rings is 1. The van der Waals surface area contributed by atoms with Gasteiger partial charge in [-0.3, -0.25) is 14.3 Å². The number of nitrogens with one attached hydrogen (secondary N) is 1. The monoisotopic (exact) mass is 419 g/mol. The molecule has 1 aromatic heterocycles. The van der Waals surface area contributed by atoms with Gasteiger partial charge in [-0.15, -0.1) is 0 Å². The molecule has 3 fully saturated rings. The van der Waals surface area contributed by atoms with E-state index in [1.54, 1.807) is 6.92 Å². The molecule has 9 heteroatoms. The number of H-pyrrole nitrogens is 1. The second-order valence-corrected chi connectivity index (χ2v) is 9.03. The fourth-order valence-corrected chi connectivity index (χ4v) is 4.97. The van der Waals surface area contributed by atoms with Crippen molar-refractivity contribution in [3.8, 4) is 5.75 Å². The number of methoxy groups -OCH3 is 1. The standard InChI is InChI=1S/C21H26FN3O5/c1-10-14-16(25(12-3-4-12)20(28)23-19(14)27)18(30-2)17(15(10)22)24-6-5-11(9-24)7-21(29)8-13(21)26/h11-13,26,29H,3-9H2,1-2H3,(H,23,27,28). The van der Waals surface area contributed by atoms with Gasteiger partial charge < -0.3 is 19.8 Å². The number of fused-ring (bicyclic) bond motifs is 1. The number of aromatic nitrogens is 2. The summed E-state index contributed by atoms with van der Waals surface area (Å²) in [5.74, 6) is -0.220. The second kappa shape index (κ2) is 6.55. The molecule has 3 aliphatic rings. The van der Waals surface area contributed by atoms with Crippen LogP contribution in [0.5, 0.6) is 5.75 Å². The molecule has 0 spiro atoms. The molecule has 0 radical (unpaired) electrons. The Morgan fingerprint density at radius 2 is 2.00 bits per heavy atom. The second-order valence-electron chi connectivity index (χ2n) is 9.03. The van der Waals surface area contributed by atoms with Crippen molar-refractivity contribution in [3.63, 3.8) is 0 Å². The summed E-state index contributed by atoms with van der Waals surface area (Å²) >= 11 is 0. The summed E-state index contributed by atoms with van der Waals surface area (Å²) in [6.07, 6.45) is 2.56. The molecule has 3 atom stereocenters. The van der Waals surface area contributed by atoms with Crippen LogP contribution in [-0.2, 0) is 0 Å². The van der Waals surface area contributed by atoms with Crippen LogP contribution >= 0.6 is 0 Å². The molecule has 2 aromatic rings. The van der Waals surface area contributed by atoms with Crippen LogP contribution in [0.1, 0.15) is 43.7 Å². The number of halogens is 1. The molecule has 8 nitrogen and oxygen atoms in total. The summed E-state index contributed by atoms with van der Waals surface area (Å²) in [5, 5.41) is 20.1. The van der Waals surface area contributed by atoms with Gasteiger partial charge >= 0.3 is 5.69 Å². The highest BCUT2D eigenvalue weighted by Crippen LogP contribution is 2.47. The third-order valence-corrected chi connectivity index (χ3v) is 6.85. The van der Waals surface area contributed by atoms with Crippen LogP contribution in [0.25, 0.3) is 10.9 Å². The molecule has 5 rings (SSSR count).